The van der Waals surface area contributed by atoms with Crippen LogP contribution < -0.4 is 5.32 Å². The molecule has 0 radical (unpaired) electrons. The van der Waals surface area contributed by atoms with E-state index in [4.69, 9.17) is 16.3 Å². The number of hydrogen-bond donors (Lipinski definition) is 1. The summed E-state index contributed by atoms with van der Waals surface area (Å²) in [6, 6.07) is 26.3. The topological polar surface area (TPSA) is 55.4 Å². The number of nitrogens with one attached hydrogen (secondary N) is 1. The van der Waals surface area contributed by atoms with E-state index in [0.29, 0.717) is 26.7 Å². The molecular weight excluding hydrogens is 466 g/mol. The maximum atomic E-state index is 13.5. The van der Waals surface area contributed by atoms with Crippen LogP contribution >= 0.6 is 22.9 Å². The minimum atomic E-state index is -0.525. The fourth-order valence-electron chi connectivity index (χ4n) is 3.71. The monoisotopic (exact) mass is 487 g/mol. The Kier molecular flexibility index (Phi) is 7.26. The van der Waals surface area contributed by atoms with Gasteiger partial charge in [0, 0.05) is 21.0 Å². The molecule has 6 heteroatoms. The molecule has 3 aromatic carbocycles. The number of hydrogen-bond acceptors (Lipinski definition) is 4. The number of carbonyl (C=O) groups is 2. The highest BCUT2D eigenvalue weighted by Crippen LogP contribution is 2.41. The van der Waals surface area contributed by atoms with Crippen LogP contribution in [0.2, 0.25) is 5.02 Å². The van der Waals surface area contributed by atoms with E-state index in [1.54, 1.807) is 12.1 Å². The molecule has 1 amide bonds. The van der Waals surface area contributed by atoms with Crippen LogP contribution in [0.15, 0.2) is 84.9 Å². The third kappa shape index (κ3) is 5.11. The zero-order chi connectivity index (χ0) is 24.1. The molecule has 1 heterocycles. The molecule has 0 fully saturated rings. The predicted molar refractivity (Wildman–Crippen MR) is 140 cm³/mol. The van der Waals surface area contributed by atoms with E-state index in [0.717, 1.165) is 21.6 Å². The fourth-order valence-corrected chi connectivity index (χ4v) is 4.95. The van der Waals surface area contributed by atoms with Crippen molar-refractivity contribution in [3.8, 4) is 11.1 Å². The third-order valence-corrected chi connectivity index (χ3v) is 6.51. The van der Waals surface area contributed by atoms with Gasteiger partial charge in [-0.2, -0.15) is 0 Å². The molecule has 0 aliphatic heterocycles. The lowest BCUT2D eigenvalue weighted by Crippen LogP contribution is -2.15. The SMILES string of the molecule is COC(=O)c1c(NC(=O)/C(=C/c2ccccc2)c2ccccc2)sc(C)c1-c1cccc(Cl)c1. The summed E-state index contributed by atoms with van der Waals surface area (Å²) in [6.07, 6.45) is 1.83. The highest BCUT2D eigenvalue weighted by atomic mass is 35.5. The van der Waals surface area contributed by atoms with Crippen LogP contribution in [0.3, 0.4) is 0 Å². The Morgan fingerprint density at radius 3 is 2.26 bits per heavy atom. The quantitative estimate of drug-likeness (QED) is 0.176. The molecule has 0 atom stereocenters. The van der Waals surface area contributed by atoms with E-state index in [1.807, 2.05) is 85.8 Å². The number of aryl methyl sites for hydroxylation is 1. The number of amides is 1. The van der Waals surface area contributed by atoms with Crippen molar-refractivity contribution < 1.29 is 14.3 Å². The maximum Gasteiger partial charge on any atom is 0.341 e. The number of thiophene rings is 1. The number of methoxy groups -OCH3 is 1. The summed E-state index contributed by atoms with van der Waals surface area (Å²) in [5.41, 5.74) is 3.94. The zero-order valence-corrected chi connectivity index (χ0v) is 20.2. The van der Waals surface area contributed by atoms with E-state index in [1.165, 1.54) is 18.4 Å². The van der Waals surface area contributed by atoms with Crippen molar-refractivity contribution in [1.29, 1.82) is 0 Å². The van der Waals surface area contributed by atoms with Gasteiger partial charge in [0.1, 0.15) is 10.6 Å². The Morgan fingerprint density at radius 1 is 0.941 bits per heavy atom. The van der Waals surface area contributed by atoms with Crippen LogP contribution in [-0.2, 0) is 9.53 Å². The third-order valence-electron chi connectivity index (χ3n) is 5.25. The van der Waals surface area contributed by atoms with E-state index in [-0.39, 0.29) is 5.91 Å². The van der Waals surface area contributed by atoms with Crippen molar-refractivity contribution in [3.05, 3.63) is 112 Å². The molecule has 4 aromatic rings. The first-order valence-corrected chi connectivity index (χ1v) is 11.8. The van der Waals surface area contributed by atoms with Crippen molar-refractivity contribution in [2.24, 2.45) is 0 Å². The summed E-state index contributed by atoms with van der Waals surface area (Å²) >= 11 is 7.53. The van der Waals surface area contributed by atoms with Crippen LogP contribution in [0.4, 0.5) is 5.00 Å². The summed E-state index contributed by atoms with van der Waals surface area (Å²) in [6.45, 7) is 1.90. The molecule has 1 N–H and O–H groups in total. The summed E-state index contributed by atoms with van der Waals surface area (Å²) in [7, 11) is 1.33. The Morgan fingerprint density at radius 2 is 1.62 bits per heavy atom. The molecule has 0 aliphatic rings. The molecule has 34 heavy (non-hydrogen) atoms. The second-order valence-corrected chi connectivity index (χ2v) is 9.19. The minimum Gasteiger partial charge on any atom is -0.465 e. The number of carbonyl (C=O) groups excluding carboxylic acids is 2. The first-order valence-electron chi connectivity index (χ1n) is 10.6. The minimum absolute atomic E-state index is 0.313. The van der Waals surface area contributed by atoms with Gasteiger partial charge in [-0.15, -0.1) is 11.3 Å². The van der Waals surface area contributed by atoms with E-state index in [9.17, 15) is 9.59 Å². The Balaban J connectivity index is 1.79. The molecule has 0 bridgehead atoms. The van der Waals surface area contributed by atoms with Gasteiger partial charge in [0.25, 0.3) is 5.91 Å². The molecule has 170 valence electrons. The molecule has 0 aliphatic carbocycles. The van der Waals surface area contributed by atoms with Gasteiger partial charge in [-0.25, -0.2) is 4.79 Å². The van der Waals surface area contributed by atoms with Crippen LogP contribution in [0.5, 0.6) is 0 Å². The van der Waals surface area contributed by atoms with Gasteiger partial charge in [0.05, 0.1) is 7.11 Å². The summed E-state index contributed by atoms with van der Waals surface area (Å²) in [5.74, 6) is -0.845. The molecule has 0 saturated heterocycles. The first kappa shape index (κ1) is 23.5. The fraction of sp³-hybridized carbons (Fsp3) is 0.0714. The number of halogens is 1. The molecule has 0 spiro atoms. The summed E-state index contributed by atoms with van der Waals surface area (Å²) in [4.78, 5) is 27.2. The lowest BCUT2D eigenvalue weighted by Gasteiger charge is -2.11. The van der Waals surface area contributed by atoms with Gasteiger partial charge in [-0.1, -0.05) is 84.4 Å². The van der Waals surface area contributed by atoms with Gasteiger partial charge in [-0.05, 0) is 41.8 Å². The number of esters is 1. The van der Waals surface area contributed by atoms with Crippen LogP contribution in [-0.4, -0.2) is 19.0 Å². The van der Waals surface area contributed by atoms with Crippen LogP contribution in [0, 0.1) is 6.92 Å². The Labute approximate surface area is 207 Å². The summed E-state index contributed by atoms with van der Waals surface area (Å²) < 4.78 is 5.07. The number of rotatable bonds is 6. The molecule has 0 saturated carbocycles. The van der Waals surface area contributed by atoms with E-state index >= 15 is 0 Å². The van der Waals surface area contributed by atoms with Crippen LogP contribution in [0.25, 0.3) is 22.8 Å². The molecule has 4 rings (SSSR count). The molecule has 4 nitrogen and oxygen atoms in total. The van der Waals surface area contributed by atoms with Gasteiger partial charge >= 0.3 is 5.97 Å². The Hall–Kier alpha value is -3.67. The number of ether oxygens (including phenoxy) is 1. The van der Waals surface area contributed by atoms with E-state index < -0.39 is 5.97 Å². The maximum absolute atomic E-state index is 13.5. The van der Waals surface area contributed by atoms with Crippen LogP contribution in [0.1, 0.15) is 26.4 Å². The van der Waals surface area contributed by atoms with Crippen molar-refractivity contribution in [2.45, 2.75) is 6.92 Å². The highest BCUT2D eigenvalue weighted by molar-refractivity contribution is 7.17. The lowest BCUT2D eigenvalue weighted by atomic mass is 10.0. The lowest BCUT2D eigenvalue weighted by molar-refractivity contribution is -0.111. The second-order valence-electron chi connectivity index (χ2n) is 7.53. The highest BCUT2D eigenvalue weighted by Gasteiger charge is 2.26. The average Bonchev–Trinajstić information content (AvgIpc) is 3.18. The smallest absolute Gasteiger partial charge is 0.341 e. The Bertz CT molecular complexity index is 1360. The zero-order valence-electron chi connectivity index (χ0n) is 18.7. The largest absolute Gasteiger partial charge is 0.465 e. The average molecular weight is 488 g/mol. The second kappa shape index (κ2) is 10.5. The summed E-state index contributed by atoms with van der Waals surface area (Å²) in [5, 5.41) is 3.95. The van der Waals surface area contributed by atoms with Crippen molar-refractivity contribution in [2.75, 3.05) is 12.4 Å². The number of benzene rings is 3. The normalized spacial score (nSPS) is 11.2. The molecule has 1 aromatic heterocycles. The number of anilines is 1. The van der Waals surface area contributed by atoms with Gasteiger partial charge in [-0.3, -0.25) is 4.79 Å². The van der Waals surface area contributed by atoms with E-state index in [2.05, 4.69) is 5.32 Å². The standard InChI is InChI=1S/C28H22ClNO3S/c1-18-24(21-14-9-15-22(29)17-21)25(28(32)33-2)27(34-18)30-26(31)23(20-12-7-4-8-13-20)16-19-10-5-3-6-11-19/h3-17H,1-2H3,(H,30,31)/b23-16+. The van der Waals surface area contributed by atoms with Gasteiger partial charge in [0.15, 0.2) is 0 Å². The predicted octanol–water partition coefficient (Wildman–Crippen LogP) is 7.34. The van der Waals surface area contributed by atoms with Gasteiger partial charge < -0.3 is 10.1 Å². The van der Waals surface area contributed by atoms with Crippen molar-refractivity contribution >= 4 is 51.5 Å². The molecule has 0 unspecified atom stereocenters. The molecular formula is C28H22ClNO3S. The first-order chi connectivity index (χ1) is 16.5. The van der Waals surface area contributed by atoms with Crippen molar-refractivity contribution in [1.82, 2.24) is 0 Å². The van der Waals surface area contributed by atoms with Gasteiger partial charge in [0.2, 0.25) is 0 Å². The van der Waals surface area contributed by atoms with Crippen molar-refractivity contribution in [3.63, 3.8) is 0 Å².